The summed E-state index contributed by atoms with van der Waals surface area (Å²) in [5.41, 5.74) is 4.40. The third-order valence-electron chi connectivity index (χ3n) is 4.66. The molecular weight excluding hydrogens is 364 g/mol. The summed E-state index contributed by atoms with van der Waals surface area (Å²) in [5, 5.41) is 11.1. The lowest BCUT2D eigenvalue weighted by Crippen LogP contribution is -2.22. The van der Waals surface area contributed by atoms with Gasteiger partial charge in [-0.2, -0.15) is 11.3 Å². The minimum absolute atomic E-state index is 0.00299. The van der Waals surface area contributed by atoms with Crippen LogP contribution in [-0.4, -0.2) is 14.1 Å². The second kappa shape index (κ2) is 7.19. The minimum atomic E-state index is 0.00299. The van der Waals surface area contributed by atoms with Gasteiger partial charge in [-0.15, -0.1) is 11.3 Å². The highest BCUT2D eigenvalue weighted by Gasteiger charge is 2.15. The second-order valence-electron chi connectivity index (χ2n) is 6.36. The smallest absolute Gasteiger partial charge is 0.304 e. The Balaban J connectivity index is 1.56. The topological polar surface area (TPSA) is 51.9 Å². The van der Waals surface area contributed by atoms with Gasteiger partial charge in [-0.1, -0.05) is 6.07 Å². The Morgan fingerprint density at radius 2 is 1.96 bits per heavy atom. The van der Waals surface area contributed by atoms with Crippen LogP contribution in [0.3, 0.4) is 0 Å². The fourth-order valence-electron chi connectivity index (χ4n) is 3.20. The molecule has 3 aromatic heterocycles. The summed E-state index contributed by atoms with van der Waals surface area (Å²) >= 11 is 3.40. The van der Waals surface area contributed by atoms with Gasteiger partial charge in [0.25, 0.3) is 0 Å². The molecule has 0 saturated carbocycles. The first-order valence-corrected chi connectivity index (χ1v) is 10.2. The van der Waals surface area contributed by atoms with E-state index in [-0.39, 0.29) is 11.7 Å². The zero-order chi connectivity index (χ0) is 18.1. The molecule has 0 amide bonds. The molecule has 0 aliphatic heterocycles. The molecule has 0 radical (unpaired) electrons. The van der Waals surface area contributed by atoms with Gasteiger partial charge in [0, 0.05) is 32.2 Å². The van der Waals surface area contributed by atoms with Gasteiger partial charge < -0.3 is 5.32 Å². The van der Waals surface area contributed by atoms with Gasteiger partial charge >= 0.3 is 5.69 Å². The zero-order valence-electron chi connectivity index (χ0n) is 14.7. The lowest BCUT2D eigenvalue weighted by Gasteiger charge is -2.16. The Hall–Kier alpha value is -2.22. The molecule has 4 aromatic rings. The van der Waals surface area contributed by atoms with Crippen molar-refractivity contribution in [2.45, 2.75) is 19.0 Å². The SMILES string of the molecule is Cn1c(=O)n(C)c2cc(CN[C@@H](Cc3ccsc3)c3nccs3)ccc21. The molecule has 1 aromatic carbocycles. The number of fused-ring (bicyclic) bond motifs is 1. The van der Waals surface area contributed by atoms with E-state index in [4.69, 9.17) is 0 Å². The van der Waals surface area contributed by atoms with E-state index in [9.17, 15) is 4.79 Å². The standard InChI is InChI=1S/C19H20N4OS2/c1-22-16-4-3-13(10-17(16)23(2)19(22)24)11-21-15(18-20-6-8-26-18)9-14-5-7-25-12-14/h3-8,10,12,15,21H,9,11H2,1-2H3/t15-/m0/s1. The van der Waals surface area contributed by atoms with Crippen molar-refractivity contribution in [1.82, 2.24) is 19.4 Å². The highest BCUT2D eigenvalue weighted by atomic mass is 32.1. The number of rotatable bonds is 6. The third-order valence-corrected chi connectivity index (χ3v) is 6.28. The monoisotopic (exact) mass is 384 g/mol. The molecule has 1 N–H and O–H groups in total. The summed E-state index contributed by atoms with van der Waals surface area (Å²) < 4.78 is 3.38. The van der Waals surface area contributed by atoms with Crippen LogP contribution >= 0.6 is 22.7 Å². The molecule has 134 valence electrons. The van der Waals surface area contributed by atoms with Crippen LogP contribution in [0.5, 0.6) is 0 Å². The van der Waals surface area contributed by atoms with Gasteiger partial charge in [0.1, 0.15) is 5.01 Å². The summed E-state index contributed by atoms with van der Waals surface area (Å²) in [7, 11) is 3.62. The number of aryl methyl sites for hydroxylation is 2. The zero-order valence-corrected chi connectivity index (χ0v) is 16.3. The number of nitrogens with one attached hydrogen (secondary N) is 1. The molecule has 1 atom stereocenters. The van der Waals surface area contributed by atoms with E-state index in [0.29, 0.717) is 0 Å². The van der Waals surface area contributed by atoms with Crippen molar-refractivity contribution in [3.8, 4) is 0 Å². The van der Waals surface area contributed by atoms with E-state index in [1.807, 2.05) is 31.7 Å². The number of hydrogen-bond acceptors (Lipinski definition) is 5. The van der Waals surface area contributed by atoms with Crippen LogP contribution in [0.25, 0.3) is 11.0 Å². The number of thiophene rings is 1. The second-order valence-corrected chi connectivity index (χ2v) is 8.07. The number of aromatic nitrogens is 3. The first kappa shape index (κ1) is 17.2. The van der Waals surface area contributed by atoms with Crippen LogP contribution in [0.1, 0.15) is 22.2 Å². The van der Waals surface area contributed by atoms with Crippen molar-refractivity contribution in [1.29, 1.82) is 0 Å². The summed E-state index contributed by atoms with van der Waals surface area (Å²) in [6, 6.07) is 8.54. The predicted octanol–water partition coefficient (Wildman–Crippen LogP) is 3.47. The molecule has 7 heteroatoms. The highest BCUT2D eigenvalue weighted by molar-refractivity contribution is 7.09. The van der Waals surface area contributed by atoms with Gasteiger partial charge in [0.2, 0.25) is 0 Å². The molecule has 0 fully saturated rings. The fourth-order valence-corrected chi connectivity index (χ4v) is 4.60. The maximum absolute atomic E-state index is 12.1. The molecule has 0 saturated heterocycles. The Morgan fingerprint density at radius 1 is 1.12 bits per heavy atom. The quantitative estimate of drug-likeness (QED) is 0.554. The number of benzene rings is 1. The van der Waals surface area contributed by atoms with Crippen molar-refractivity contribution in [3.05, 3.63) is 73.2 Å². The maximum Gasteiger partial charge on any atom is 0.328 e. The molecule has 5 nitrogen and oxygen atoms in total. The predicted molar refractivity (Wildman–Crippen MR) is 108 cm³/mol. The molecule has 0 unspecified atom stereocenters. The minimum Gasteiger partial charge on any atom is -0.304 e. The van der Waals surface area contributed by atoms with E-state index in [1.165, 1.54) is 5.56 Å². The number of hydrogen-bond donors (Lipinski definition) is 1. The molecule has 4 rings (SSSR count). The molecule has 0 spiro atoms. The van der Waals surface area contributed by atoms with Crippen molar-refractivity contribution in [3.63, 3.8) is 0 Å². The summed E-state index contributed by atoms with van der Waals surface area (Å²) in [6.07, 6.45) is 2.77. The Kier molecular flexibility index (Phi) is 4.76. The van der Waals surface area contributed by atoms with Crippen LogP contribution < -0.4 is 11.0 Å². The van der Waals surface area contributed by atoms with Crippen LogP contribution in [0, 0.1) is 0 Å². The van der Waals surface area contributed by atoms with E-state index >= 15 is 0 Å². The van der Waals surface area contributed by atoms with Crippen LogP contribution in [-0.2, 0) is 27.1 Å². The van der Waals surface area contributed by atoms with Crippen molar-refractivity contribution >= 4 is 33.7 Å². The van der Waals surface area contributed by atoms with Crippen LogP contribution in [0.15, 0.2) is 51.4 Å². The van der Waals surface area contributed by atoms with Crippen molar-refractivity contribution in [2.75, 3.05) is 0 Å². The molecule has 0 bridgehead atoms. The number of nitrogens with zero attached hydrogens (tertiary/aromatic N) is 3. The molecule has 0 aliphatic carbocycles. The maximum atomic E-state index is 12.1. The van der Waals surface area contributed by atoms with E-state index < -0.39 is 0 Å². The van der Waals surface area contributed by atoms with Crippen LogP contribution in [0.4, 0.5) is 0 Å². The first-order chi connectivity index (χ1) is 12.6. The van der Waals surface area contributed by atoms with Gasteiger partial charge in [-0.25, -0.2) is 9.78 Å². The molecule has 26 heavy (non-hydrogen) atoms. The van der Waals surface area contributed by atoms with Gasteiger partial charge in [0.05, 0.1) is 17.1 Å². The van der Waals surface area contributed by atoms with E-state index in [2.05, 4.69) is 39.3 Å². The normalized spacial score (nSPS) is 12.7. The lowest BCUT2D eigenvalue weighted by atomic mass is 10.1. The Morgan fingerprint density at radius 3 is 2.69 bits per heavy atom. The summed E-state index contributed by atoms with van der Waals surface area (Å²) in [5.74, 6) is 0. The third kappa shape index (κ3) is 3.25. The van der Waals surface area contributed by atoms with Crippen LogP contribution in [0.2, 0.25) is 0 Å². The largest absolute Gasteiger partial charge is 0.328 e. The first-order valence-electron chi connectivity index (χ1n) is 8.41. The Labute approximate surface area is 159 Å². The average Bonchev–Trinajstić information content (AvgIpc) is 3.39. The summed E-state index contributed by atoms with van der Waals surface area (Å²) in [6.45, 7) is 0.730. The molecule has 0 aliphatic rings. The summed E-state index contributed by atoms with van der Waals surface area (Å²) in [4.78, 5) is 16.6. The van der Waals surface area contributed by atoms with E-state index in [1.54, 1.807) is 31.8 Å². The number of imidazole rings is 1. The molecule has 3 heterocycles. The van der Waals surface area contributed by atoms with Gasteiger partial charge in [0.15, 0.2) is 0 Å². The van der Waals surface area contributed by atoms with Gasteiger partial charge in [-0.05, 0) is 46.5 Å². The molecular formula is C19H20N4OS2. The lowest BCUT2D eigenvalue weighted by molar-refractivity contribution is 0.528. The number of thiazole rings is 1. The van der Waals surface area contributed by atoms with Crippen molar-refractivity contribution in [2.24, 2.45) is 14.1 Å². The average molecular weight is 385 g/mol. The fraction of sp³-hybridized carbons (Fsp3) is 0.263. The Bertz CT molecular complexity index is 1060. The highest BCUT2D eigenvalue weighted by Crippen LogP contribution is 2.23. The van der Waals surface area contributed by atoms with Gasteiger partial charge in [-0.3, -0.25) is 9.13 Å². The van der Waals surface area contributed by atoms with Crippen molar-refractivity contribution < 1.29 is 0 Å². The van der Waals surface area contributed by atoms with E-state index in [0.717, 1.165) is 34.6 Å².